The summed E-state index contributed by atoms with van der Waals surface area (Å²) in [6.45, 7) is -7.33. The van der Waals surface area contributed by atoms with E-state index in [0.717, 1.165) is 0 Å². The molecule has 22 aliphatic rings. The van der Waals surface area contributed by atoms with Crippen LogP contribution in [0.15, 0.2) is 0 Å². The van der Waals surface area contributed by atoms with E-state index in [1.807, 2.05) is 0 Å². The predicted octanol–water partition coefficient (Wildman–Crippen LogP) is -12.1. The first-order chi connectivity index (χ1) is 39.7. The molecular formula is C50H88O35. The Morgan fingerprint density at radius 1 is 0.200 bits per heavy atom. The van der Waals surface area contributed by atoms with Crippen LogP contribution < -0.4 is 0 Å². The topological polar surface area (TPSA) is 554 Å². The molecule has 1 saturated carbocycles. The van der Waals surface area contributed by atoms with Gasteiger partial charge in [-0.2, -0.15) is 0 Å². The fourth-order valence-electron chi connectivity index (χ4n) is 10.7. The standard InChI is InChI=1S/C42H70O35.C4H8.C2H2.2CH4/c43-1-8-29-15(50)22(57)36(64-8)72-30-9(2-44)66-38(24(59)17(30)52)74-32-11(4-46)68-40(26(61)19(32)54)76-34-13(6-48)70-42(28(63)21(34)56)77-35-14(7-49)69-41(27(62)20(35)55)75-33-12(5-47)67-39(25(60)18(33)53)73-31-10(3-45)65-37(71-29)23(58)16(31)51;1-2-4-3-1;1-2;;/h8-63H,1-7H2;1-4H2;1-2H;2*1H4/t8?,9?,10?,11?,12?,13?,14?,15-,16-,17-,18-,19-,20-,21-,22?,23?,24?,25?,26?,27?,28?,29-,30-,31-,32-,33-,34-,35-,36-,37-,38-,39-,40+,41+,42+;;;;/m1..../s1. The lowest BCUT2D eigenvalue weighted by Gasteiger charge is -2.50. The molecule has 35 heteroatoms. The second-order valence-corrected chi connectivity index (χ2v) is 21.1. The molecule has 0 spiro atoms. The van der Waals surface area contributed by atoms with E-state index in [2.05, 4.69) is 12.8 Å². The second-order valence-electron chi connectivity index (χ2n) is 21.1. The molecule has 85 heavy (non-hydrogen) atoms. The van der Waals surface area contributed by atoms with Gasteiger partial charge < -0.3 is 174 Å². The van der Waals surface area contributed by atoms with Crippen molar-refractivity contribution in [2.45, 2.75) is 255 Å². The lowest BCUT2D eigenvalue weighted by molar-refractivity contribution is -0.396. The van der Waals surface area contributed by atoms with Crippen molar-refractivity contribution >= 4 is 0 Å². The number of rotatable bonds is 7. The number of terminal acetylenes is 1. The summed E-state index contributed by atoms with van der Waals surface area (Å²) in [6.07, 6.45) is -56.2. The van der Waals surface area contributed by atoms with Gasteiger partial charge in [-0.3, -0.25) is 0 Å². The molecule has 498 valence electrons. The van der Waals surface area contributed by atoms with Crippen molar-refractivity contribution in [1.29, 1.82) is 0 Å². The maximum atomic E-state index is 11.3. The summed E-state index contributed by atoms with van der Waals surface area (Å²) in [7, 11) is 0. The summed E-state index contributed by atoms with van der Waals surface area (Å²) in [5, 5.41) is 230. The van der Waals surface area contributed by atoms with E-state index >= 15 is 0 Å². The molecule has 0 amide bonds. The SMILES string of the molecule is C.C.C#C.C1CCC1.OCC1O[C@@H]2O[C@@H]3C(CO)O[C@H](O[C@@H]4C(CO)O[C@@H](O[C@@H]5C(CO)O[C@@H](O[C@@H]6C(CO)O[C@@H](O[C@@H]7C(CO)O[C@H](O[C@@H]8C(CO)O[C@H](O[C@H]1[C@H](O)C2O)C(O)[C@H]8O)C(O)[C@H]7O)C(O)[C@H]6O)C(O)[C@H]5O)C(O)[C@H]4O)C(O)[C@H]3O. The monoisotopic (exact) mass is 1250 g/mol. The minimum Gasteiger partial charge on any atom is -0.394 e. The van der Waals surface area contributed by atoms with Crippen LogP contribution in [0.3, 0.4) is 0 Å². The van der Waals surface area contributed by atoms with Crippen LogP contribution in [0.4, 0.5) is 0 Å². The van der Waals surface area contributed by atoms with E-state index in [9.17, 15) is 107 Å². The molecule has 0 aromatic heterocycles. The van der Waals surface area contributed by atoms with Gasteiger partial charge in [-0.25, -0.2) is 0 Å². The highest BCUT2D eigenvalue weighted by Crippen LogP contribution is 2.39. The Morgan fingerprint density at radius 2 is 0.306 bits per heavy atom. The Hall–Kier alpha value is -1.84. The quantitative estimate of drug-likeness (QED) is 0.105. The fourth-order valence-corrected chi connectivity index (χ4v) is 10.7. The largest absolute Gasteiger partial charge is 0.394 e. The van der Waals surface area contributed by atoms with Crippen LogP contribution in [0.2, 0.25) is 0 Å². The van der Waals surface area contributed by atoms with Crippen molar-refractivity contribution in [2.24, 2.45) is 0 Å². The van der Waals surface area contributed by atoms with Gasteiger partial charge in [0.25, 0.3) is 0 Å². The van der Waals surface area contributed by atoms with Crippen LogP contribution in [0.25, 0.3) is 0 Å². The number of aliphatic hydroxyl groups excluding tert-OH is 21. The summed E-state index contributed by atoms with van der Waals surface area (Å²) >= 11 is 0. The normalized spacial score (nSPS) is 51.3. The second kappa shape index (κ2) is 32.9. The molecule has 21 saturated heterocycles. The van der Waals surface area contributed by atoms with Crippen molar-refractivity contribution in [3.05, 3.63) is 0 Å². The van der Waals surface area contributed by atoms with Gasteiger partial charge in [0.05, 0.1) is 46.2 Å². The van der Waals surface area contributed by atoms with Crippen LogP contribution in [0.1, 0.15) is 40.5 Å². The molecular weight excluding hydrogens is 1160 g/mol. The predicted molar refractivity (Wildman–Crippen MR) is 270 cm³/mol. The minimum absolute atomic E-state index is 0. The van der Waals surface area contributed by atoms with Crippen molar-refractivity contribution < 1.29 is 174 Å². The third-order valence-corrected chi connectivity index (χ3v) is 15.8. The molecule has 21 heterocycles. The third-order valence-electron chi connectivity index (χ3n) is 15.8. The van der Waals surface area contributed by atoms with Gasteiger partial charge in [-0.05, 0) is 0 Å². The maximum Gasteiger partial charge on any atom is 0.187 e. The maximum absolute atomic E-state index is 11.3. The van der Waals surface area contributed by atoms with Gasteiger partial charge in [-0.15, -0.1) is 12.8 Å². The van der Waals surface area contributed by atoms with Crippen LogP contribution >= 0.6 is 0 Å². The van der Waals surface area contributed by atoms with E-state index in [1.54, 1.807) is 0 Å². The molecule has 0 aromatic rings. The fraction of sp³-hybridized carbons (Fsp3) is 0.960. The zero-order valence-corrected chi connectivity index (χ0v) is 44.2. The zero-order valence-electron chi connectivity index (χ0n) is 44.2. The van der Waals surface area contributed by atoms with Gasteiger partial charge in [0.15, 0.2) is 44.0 Å². The van der Waals surface area contributed by atoms with Gasteiger partial charge >= 0.3 is 0 Å². The van der Waals surface area contributed by atoms with Gasteiger partial charge in [-0.1, -0.05) is 40.5 Å². The zero-order chi connectivity index (χ0) is 60.9. The highest BCUT2D eigenvalue weighted by atomic mass is 16.8. The number of hydrogen-bond acceptors (Lipinski definition) is 35. The highest BCUT2D eigenvalue weighted by Gasteiger charge is 2.59. The van der Waals surface area contributed by atoms with Gasteiger partial charge in [0.2, 0.25) is 0 Å². The Kier molecular flexibility index (Phi) is 28.6. The molecule has 14 bridgehead atoms. The molecule has 35 nitrogen and oxygen atoms in total. The van der Waals surface area contributed by atoms with Crippen LogP contribution in [0.5, 0.6) is 0 Å². The summed E-state index contributed by atoms with van der Waals surface area (Å²) in [5.41, 5.74) is 0. The highest BCUT2D eigenvalue weighted by molar-refractivity contribution is 5.01. The number of aliphatic hydroxyl groups is 21. The van der Waals surface area contributed by atoms with Crippen LogP contribution in [-0.4, -0.2) is 368 Å². The summed E-state index contributed by atoms with van der Waals surface area (Å²) in [5.74, 6) is 0. The molecule has 22 fully saturated rings. The van der Waals surface area contributed by atoms with Crippen molar-refractivity contribution in [3.63, 3.8) is 0 Å². The van der Waals surface area contributed by atoms with Gasteiger partial charge in [0.1, 0.15) is 171 Å². The third kappa shape index (κ3) is 15.6. The van der Waals surface area contributed by atoms with Crippen molar-refractivity contribution in [3.8, 4) is 12.8 Å². The molecule has 21 aliphatic heterocycles. The lowest BCUT2D eigenvalue weighted by Crippen LogP contribution is -2.68. The first kappa shape index (κ1) is 73.9. The summed E-state index contributed by atoms with van der Waals surface area (Å²) < 4.78 is 79.5. The lowest BCUT2D eigenvalue weighted by atomic mass is 9.95. The first-order valence-electron chi connectivity index (χ1n) is 27.0. The Labute approximate surface area is 487 Å². The van der Waals surface area contributed by atoms with Gasteiger partial charge in [0, 0.05) is 0 Å². The van der Waals surface area contributed by atoms with Crippen molar-refractivity contribution in [2.75, 3.05) is 46.2 Å². The van der Waals surface area contributed by atoms with E-state index in [0.29, 0.717) is 0 Å². The number of ether oxygens (including phenoxy) is 14. The van der Waals surface area contributed by atoms with Crippen LogP contribution in [0, 0.1) is 12.8 Å². The van der Waals surface area contributed by atoms with E-state index < -0.39 is 261 Å². The molecule has 21 N–H and O–H groups in total. The minimum atomic E-state index is -2.21. The molecule has 22 rings (SSSR count). The molecule has 35 atom stereocenters. The summed E-state index contributed by atoms with van der Waals surface area (Å²) in [4.78, 5) is 0. The average molecular weight is 1250 g/mol. The van der Waals surface area contributed by atoms with E-state index in [-0.39, 0.29) is 14.9 Å². The Bertz CT molecular complexity index is 1580. The molecule has 1 aliphatic carbocycles. The molecule has 14 unspecified atom stereocenters. The van der Waals surface area contributed by atoms with E-state index in [1.165, 1.54) is 25.7 Å². The molecule has 0 aromatic carbocycles. The summed E-state index contributed by atoms with van der Waals surface area (Å²) in [6, 6.07) is 0. The van der Waals surface area contributed by atoms with Crippen LogP contribution in [-0.2, 0) is 66.3 Å². The van der Waals surface area contributed by atoms with Crippen molar-refractivity contribution in [1.82, 2.24) is 0 Å². The Morgan fingerprint density at radius 3 is 0.388 bits per heavy atom. The smallest absolute Gasteiger partial charge is 0.187 e. The van der Waals surface area contributed by atoms with E-state index in [4.69, 9.17) is 66.3 Å². The first-order valence-corrected chi connectivity index (χ1v) is 27.0. The Balaban J connectivity index is 0.00000157. The average Bonchev–Trinajstić information content (AvgIpc) is 2.23. The molecule has 0 radical (unpaired) electrons. The number of hydrogen-bond donors (Lipinski definition) is 21.